The zero-order valence-corrected chi connectivity index (χ0v) is 22.9. The van der Waals surface area contributed by atoms with E-state index in [0.29, 0.717) is 17.0 Å². The van der Waals surface area contributed by atoms with Crippen molar-refractivity contribution in [1.82, 2.24) is 15.5 Å². The van der Waals surface area contributed by atoms with Crippen molar-refractivity contribution in [1.29, 1.82) is 0 Å². The van der Waals surface area contributed by atoms with E-state index in [1.54, 1.807) is 18.2 Å². The van der Waals surface area contributed by atoms with Gasteiger partial charge in [-0.2, -0.15) is 0 Å². The van der Waals surface area contributed by atoms with Crippen LogP contribution in [0.2, 0.25) is 0 Å². The average Bonchev–Trinajstić information content (AvgIpc) is 3.43. The molecule has 0 bridgehead atoms. The summed E-state index contributed by atoms with van der Waals surface area (Å²) in [4.78, 5) is 41.2. The van der Waals surface area contributed by atoms with Gasteiger partial charge in [0.2, 0.25) is 5.91 Å². The molecule has 3 atom stereocenters. The van der Waals surface area contributed by atoms with E-state index in [1.807, 2.05) is 68.4 Å². The number of carbonyl (C=O) groups excluding carboxylic acids is 3. The molecule has 204 valence electrons. The fourth-order valence-electron chi connectivity index (χ4n) is 4.60. The number of amides is 3. The average molecular weight is 547 g/mol. The van der Waals surface area contributed by atoms with Gasteiger partial charge in [0.15, 0.2) is 6.10 Å². The quantitative estimate of drug-likeness (QED) is 0.306. The minimum absolute atomic E-state index is 0.248. The van der Waals surface area contributed by atoms with Crippen molar-refractivity contribution in [3.63, 3.8) is 0 Å². The molecule has 1 heterocycles. The lowest BCUT2D eigenvalue weighted by Gasteiger charge is -2.30. The Hall–Kier alpha value is -3.82. The second kappa shape index (κ2) is 12.8. The summed E-state index contributed by atoms with van der Waals surface area (Å²) in [6.45, 7) is 4.01. The SMILES string of the molecule is Cc1ccccc1C(=O)N[C@@H](Cc1ccccc1)[C@H](O)C(=O)N1CSC[C@H]1C(=O)NCc1cccc(N)c1C. The first-order valence-electron chi connectivity index (χ1n) is 12.8. The van der Waals surface area contributed by atoms with Gasteiger partial charge in [0.25, 0.3) is 11.8 Å². The van der Waals surface area contributed by atoms with Gasteiger partial charge >= 0.3 is 0 Å². The number of benzene rings is 3. The smallest absolute Gasteiger partial charge is 0.254 e. The van der Waals surface area contributed by atoms with Crippen LogP contribution in [0.3, 0.4) is 0 Å². The molecule has 0 unspecified atom stereocenters. The molecule has 0 saturated carbocycles. The third kappa shape index (κ3) is 6.79. The van der Waals surface area contributed by atoms with Crippen molar-refractivity contribution >= 4 is 35.2 Å². The molecule has 0 aromatic heterocycles. The van der Waals surface area contributed by atoms with Crippen molar-refractivity contribution in [2.45, 2.75) is 45.0 Å². The standard InChI is InChI=1S/C30H34N4O4S/c1-19-9-6-7-13-23(19)28(36)33-25(15-21-10-4-3-5-11-21)27(35)30(38)34-18-39-17-26(34)29(37)32-16-22-12-8-14-24(31)20(22)2/h3-14,25-27,35H,15-18,31H2,1-2H3,(H,32,37)(H,33,36)/t25-,26-,27-/m0/s1. The second-order valence-electron chi connectivity index (χ2n) is 9.70. The number of anilines is 1. The van der Waals surface area contributed by atoms with Crippen LogP contribution in [0.25, 0.3) is 0 Å². The first-order valence-corrected chi connectivity index (χ1v) is 14.0. The largest absolute Gasteiger partial charge is 0.399 e. The molecule has 1 fully saturated rings. The van der Waals surface area contributed by atoms with Crippen molar-refractivity contribution in [3.05, 3.63) is 101 Å². The Labute approximate surface area is 233 Å². The van der Waals surface area contributed by atoms with E-state index in [-0.39, 0.29) is 30.7 Å². The van der Waals surface area contributed by atoms with Crippen LogP contribution in [0.15, 0.2) is 72.8 Å². The summed E-state index contributed by atoms with van der Waals surface area (Å²) in [5.74, 6) is -0.575. The number of aliphatic hydroxyl groups is 1. The molecule has 3 aromatic rings. The van der Waals surface area contributed by atoms with Crippen LogP contribution < -0.4 is 16.4 Å². The van der Waals surface area contributed by atoms with Crippen LogP contribution in [0, 0.1) is 13.8 Å². The van der Waals surface area contributed by atoms with Crippen molar-refractivity contribution < 1.29 is 19.5 Å². The van der Waals surface area contributed by atoms with Gasteiger partial charge in [-0.1, -0.05) is 60.7 Å². The monoisotopic (exact) mass is 546 g/mol. The molecule has 3 aromatic carbocycles. The van der Waals surface area contributed by atoms with Gasteiger partial charge in [-0.15, -0.1) is 11.8 Å². The van der Waals surface area contributed by atoms with Gasteiger partial charge in [0.1, 0.15) is 6.04 Å². The molecule has 8 nitrogen and oxygen atoms in total. The molecule has 0 spiro atoms. The van der Waals surface area contributed by atoms with Crippen molar-refractivity contribution in [2.75, 3.05) is 17.4 Å². The zero-order valence-electron chi connectivity index (χ0n) is 22.1. The summed E-state index contributed by atoms with van der Waals surface area (Å²) in [6.07, 6.45) is -1.29. The molecular formula is C30H34N4O4S. The number of thioether (sulfide) groups is 1. The number of aryl methyl sites for hydroxylation is 1. The van der Waals surface area contributed by atoms with Crippen LogP contribution in [0.4, 0.5) is 5.69 Å². The highest BCUT2D eigenvalue weighted by atomic mass is 32.2. The van der Waals surface area contributed by atoms with Gasteiger partial charge < -0.3 is 26.4 Å². The lowest BCUT2D eigenvalue weighted by molar-refractivity contribution is -0.146. The highest BCUT2D eigenvalue weighted by Gasteiger charge is 2.40. The van der Waals surface area contributed by atoms with Crippen molar-refractivity contribution in [3.8, 4) is 0 Å². The highest BCUT2D eigenvalue weighted by molar-refractivity contribution is 7.99. The summed E-state index contributed by atoms with van der Waals surface area (Å²) in [5, 5.41) is 17.1. The van der Waals surface area contributed by atoms with E-state index in [4.69, 9.17) is 5.73 Å². The van der Waals surface area contributed by atoms with Crippen LogP contribution in [-0.2, 0) is 22.6 Å². The summed E-state index contributed by atoms with van der Waals surface area (Å²) in [6, 6.07) is 20.4. The fourth-order valence-corrected chi connectivity index (χ4v) is 5.76. The summed E-state index contributed by atoms with van der Waals surface area (Å²) >= 11 is 1.45. The van der Waals surface area contributed by atoms with Crippen LogP contribution in [-0.4, -0.2) is 57.5 Å². The molecule has 0 aliphatic carbocycles. The molecule has 3 amide bonds. The molecule has 4 rings (SSSR count). The van der Waals surface area contributed by atoms with Gasteiger partial charge in [-0.25, -0.2) is 0 Å². The van der Waals surface area contributed by atoms with E-state index in [1.165, 1.54) is 16.7 Å². The zero-order chi connectivity index (χ0) is 27.9. The Balaban J connectivity index is 1.48. The fraction of sp³-hybridized carbons (Fsp3) is 0.300. The summed E-state index contributed by atoms with van der Waals surface area (Å²) in [7, 11) is 0. The number of nitrogens with two attached hydrogens (primary N) is 1. The van der Waals surface area contributed by atoms with Gasteiger partial charge in [-0.3, -0.25) is 14.4 Å². The number of nitrogens with one attached hydrogen (secondary N) is 2. The maximum absolute atomic E-state index is 13.6. The Morgan fingerprint density at radius 2 is 1.74 bits per heavy atom. The molecule has 5 N–H and O–H groups in total. The maximum Gasteiger partial charge on any atom is 0.254 e. The predicted octanol–water partition coefficient (Wildman–Crippen LogP) is 2.81. The molecule has 9 heteroatoms. The van der Waals surface area contributed by atoms with Crippen LogP contribution in [0.5, 0.6) is 0 Å². The maximum atomic E-state index is 13.6. The highest BCUT2D eigenvalue weighted by Crippen LogP contribution is 2.24. The first kappa shape index (κ1) is 28.2. The van der Waals surface area contributed by atoms with Crippen molar-refractivity contribution in [2.24, 2.45) is 0 Å². The Morgan fingerprint density at radius 1 is 1.03 bits per heavy atom. The lowest BCUT2D eigenvalue weighted by atomic mass is 9.98. The van der Waals surface area contributed by atoms with Crippen LogP contribution in [0.1, 0.15) is 32.6 Å². The van der Waals surface area contributed by atoms with Gasteiger partial charge in [-0.05, 0) is 54.7 Å². The van der Waals surface area contributed by atoms with E-state index in [9.17, 15) is 19.5 Å². The lowest BCUT2D eigenvalue weighted by Crippen LogP contribution is -2.56. The first-order chi connectivity index (χ1) is 18.8. The third-order valence-electron chi connectivity index (χ3n) is 7.05. The summed E-state index contributed by atoms with van der Waals surface area (Å²) in [5.41, 5.74) is 10.5. The van der Waals surface area contributed by atoms with Crippen LogP contribution >= 0.6 is 11.8 Å². The second-order valence-corrected chi connectivity index (χ2v) is 10.7. The number of nitrogen functional groups attached to an aromatic ring is 1. The molecular weight excluding hydrogens is 512 g/mol. The molecule has 1 aliphatic heterocycles. The number of aliphatic hydroxyl groups excluding tert-OH is 1. The third-order valence-corrected chi connectivity index (χ3v) is 8.06. The minimum atomic E-state index is -1.54. The van der Waals surface area contributed by atoms with E-state index in [2.05, 4.69) is 10.6 Å². The Morgan fingerprint density at radius 3 is 2.49 bits per heavy atom. The van der Waals surface area contributed by atoms with Gasteiger partial charge in [0, 0.05) is 23.5 Å². The number of nitrogens with zero attached hydrogens (tertiary/aromatic N) is 1. The minimum Gasteiger partial charge on any atom is -0.399 e. The molecule has 0 radical (unpaired) electrons. The molecule has 1 aliphatic rings. The predicted molar refractivity (Wildman–Crippen MR) is 154 cm³/mol. The number of carbonyl (C=O) groups is 3. The number of rotatable bonds is 9. The van der Waals surface area contributed by atoms with E-state index < -0.39 is 24.1 Å². The topological polar surface area (TPSA) is 125 Å². The summed E-state index contributed by atoms with van der Waals surface area (Å²) < 4.78 is 0. The Bertz CT molecular complexity index is 1330. The number of hydrogen-bond donors (Lipinski definition) is 4. The Kier molecular flexibility index (Phi) is 9.27. The number of hydrogen-bond acceptors (Lipinski definition) is 6. The van der Waals surface area contributed by atoms with Gasteiger partial charge in [0.05, 0.1) is 11.9 Å². The van der Waals surface area contributed by atoms with E-state index in [0.717, 1.165) is 22.3 Å². The normalized spacial score (nSPS) is 16.4. The molecule has 39 heavy (non-hydrogen) atoms. The van der Waals surface area contributed by atoms with E-state index >= 15 is 0 Å². The molecule has 1 saturated heterocycles.